The lowest BCUT2D eigenvalue weighted by Gasteiger charge is -2.37. The molecule has 0 aromatic carbocycles. The molecule has 0 aromatic heterocycles. The molecule has 0 spiro atoms. The third kappa shape index (κ3) is 1.23. The molecular formula is C11H20N2. The number of hydrogen-bond donors (Lipinski definition) is 1. The van der Waals surface area contributed by atoms with Gasteiger partial charge in [-0.05, 0) is 56.5 Å². The molecule has 0 aromatic rings. The van der Waals surface area contributed by atoms with Gasteiger partial charge < -0.3 is 10.6 Å². The summed E-state index contributed by atoms with van der Waals surface area (Å²) in [5, 5.41) is 0. The van der Waals surface area contributed by atoms with Crippen LogP contribution in [0.15, 0.2) is 0 Å². The van der Waals surface area contributed by atoms with E-state index in [0.29, 0.717) is 6.04 Å². The average molecular weight is 180 g/mol. The Morgan fingerprint density at radius 2 is 1.92 bits per heavy atom. The van der Waals surface area contributed by atoms with E-state index in [1.165, 1.54) is 45.3 Å². The lowest BCUT2D eigenvalue weighted by Crippen LogP contribution is -2.47. The molecule has 3 aliphatic rings. The van der Waals surface area contributed by atoms with E-state index < -0.39 is 0 Å². The second-order valence-corrected chi connectivity index (χ2v) is 5.23. The minimum Gasteiger partial charge on any atom is -0.327 e. The van der Waals surface area contributed by atoms with Gasteiger partial charge in [0.25, 0.3) is 0 Å². The zero-order valence-corrected chi connectivity index (χ0v) is 8.28. The van der Waals surface area contributed by atoms with E-state index in [0.717, 1.165) is 17.8 Å². The highest BCUT2D eigenvalue weighted by Gasteiger charge is 2.46. The van der Waals surface area contributed by atoms with E-state index in [9.17, 15) is 0 Å². The SMILES string of the molecule is NC1C2CCC(C2)C1CN1CCC1. The van der Waals surface area contributed by atoms with E-state index in [-0.39, 0.29) is 0 Å². The first-order valence-corrected chi connectivity index (χ1v) is 5.82. The molecule has 1 heterocycles. The van der Waals surface area contributed by atoms with Crippen molar-refractivity contribution in [2.24, 2.45) is 23.5 Å². The normalized spacial score (nSPS) is 49.6. The standard InChI is InChI=1S/C11H20N2/c12-11-9-3-2-8(6-9)10(11)7-13-4-1-5-13/h8-11H,1-7,12H2. The number of nitrogens with two attached hydrogens (primary N) is 1. The van der Waals surface area contributed by atoms with Gasteiger partial charge in [-0.15, -0.1) is 0 Å². The fourth-order valence-corrected chi connectivity index (χ4v) is 3.59. The summed E-state index contributed by atoms with van der Waals surface area (Å²) in [5.74, 6) is 2.72. The van der Waals surface area contributed by atoms with Crippen molar-refractivity contribution in [2.75, 3.05) is 19.6 Å². The summed E-state index contributed by atoms with van der Waals surface area (Å²) < 4.78 is 0. The maximum Gasteiger partial charge on any atom is 0.0111 e. The molecule has 2 heteroatoms. The van der Waals surface area contributed by atoms with Crippen molar-refractivity contribution in [2.45, 2.75) is 31.7 Å². The monoisotopic (exact) mass is 180 g/mol. The van der Waals surface area contributed by atoms with E-state index in [1.54, 1.807) is 0 Å². The predicted octanol–water partition coefficient (Wildman–Crippen LogP) is 1.07. The van der Waals surface area contributed by atoms with Gasteiger partial charge in [-0.3, -0.25) is 0 Å². The first-order valence-electron chi connectivity index (χ1n) is 5.82. The number of nitrogens with zero attached hydrogens (tertiary/aromatic N) is 1. The van der Waals surface area contributed by atoms with Crippen LogP contribution in [0.1, 0.15) is 25.7 Å². The van der Waals surface area contributed by atoms with Crippen molar-refractivity contribution < 1.29 is 0 Å². The van der Waals surface area contributed by atoms with Crippen molar-refractivity contribution in [3.8, 4) is 0 Å². The van der Waals surface area contributed by atoms with E-state index in [1.807, 2.05) is 0 Å². The zero-order chi connectivity index (χ0) is 8.84. The van der Waals surface area contributed by atoms with Gasteiger partial charge in [-0.2, -0.15) is 0 Å². The molecule has 3 rings (SSSR count). The fraction of sp³-hybridized carbons (Fsp3) is 1.00. The molecule has 0 amide bonds. The van der Waals surface area contributed by atoms with Crippen LogP contribution >= 0.6 is 0 Å². The Labute approximate surface area is 80.5 Å². The Hall–Kier alpha value is -0.0800. The van der Waals surface area contributed by atoms with E-state index in [2.05, 4.69) is 4.90 Å². The molecule has 1 saturated heterocycles. The predicted molar refractivity (Wildman–Crippen MR) is 53.4 cm³/mol. The van der Waals surface area contributed by atoms with Crippen molar-refractivity contribution >= 4 is 0 Å². The Kier molecular flexibility index (Phi) is 1.88. The highest BCUT2D eigenvalue weighted by atomic mass is 15.2. The topological polar surface area (TPSA) is 29.3 Å². The quantitative estimate of drug-likeness (QED) is 0.688. The van der Waals surface area contributed by atoms with Crippen LogP contribution in [0.25, 0.3) is 0 Å². The van der Waals surface area contributed by atoms with Crippen LogP contribution < -0.4 is 5.73 Å². The van der Waals surface area contributed by atoms with Crippen LogP contribution in [0.2, 0.25) is 0 Å². The van der Waals surface area contributed by atoms with Crippen LogP contribution in [-0.4, -0.2) is 30.6 Å². The second-order valence-electron chi connectivity index (χ2n) is 5.23. The van der Waals surface area contributed by atoms with Gasteiger partial charge in [0.2, 0.25) is 0 Å². The minimum atomic E-state index is 0.541. The molecule has 3 fully saturated rings. The molecule has 4 atom stereocenters. The Balaban J connectivity index is 1.63. The number of rotatable bonds is 2. The fourth-order valence-electron chi connectivity index (χ4n) is 3.59. The van der Waals surface area contributed by atoms with Crippen LogP contribution in [0.4, 0.5) is 0 Å². The molecule has 2 bridgehead atoms. The first kappa shape index (κ1) is 8.25. The molecule has 13 heavy (non-hydrogen) atoms. The zero-order valence-electron chi connectivity index (χ0n) is 8.28. The minimum absolute atomic E-state index is 0.541. The summed E-state index contributed by atoms with van der Waals surface area (Å²) in [4.78, 5) is 2.59. The van der Waals surface area contributed by atoms with Crippen molar-refractivity contribution in [1.82, 2.24) is 4.90 Å². The Morgan fingerprint density at radius 1 is 1.15 bits per heavy atom. The van der Waals surface area contributed by atoms with E-state index in [4.69, 9.17) is 5.73 Å². The lowest BCUT2D eigenvalue weighted by molar-refractivity contribution is 0.120. The van der Waals surface area contributed by atoms with Gasteiger partial charge in [0.05, 0.1) is 0 Å². The van der Waals surface area contributed by atoms with Crippen LogP contribution in [0.5, 0.6) is 0 Å². The summed E-state index contributed by atoms with van der Waals surface area (Å²) >= 11 is 0. The van der Waals surface area contributed by atoms with Crippen molar-refractivity contribution in [3.63, 3.8) is 0 Å². The van der Waals surface area contributed by atoms with Gasteiger partial charge >= 0.3 is 0 Å². The molecule has 2 N–H and O–H groups in total. The number of fused-ring (bicyclic) bond motifs is 2. The van der Waals surface area contributed by atoms with E-state index >= 15 is 0 Å². The van der Waals surface area contributed by atoms with Crippen LogP contribution in [0.3, 0.4) is 0 Å². The first-order chi connectivity index (χ1) is 6.34. The average Bonchev–Trinajstić information content (AvgIpc) is 2.58. The molecule has 2 saturated carbocycles. The second kappa shape index (κ2) is 2.96. The van der Waals surface area contributed by atoms with Crippen molar-refractivity contribution in [1.29, 1.82) is 0 Å². The largest absolute Gasteiger partial charge is 0.327 e. The number of likely N-dealkylation sites (tertiary alicyclic amines) is 1. The molecule has 74 valence electrons. The number of hydrogen-bond acceptors (Lipinski definition) is 2. The molecule has 2 aliphatic carbocycles. The summed E-state index contributed by atoms with van der Waals surface area (Å²) in [5.41, 5.74) is 6.26. The van der Waals surface area contributed by atoms with Crippen LogP contribution in [-0.2, 0) is 0 Å². The molecule has 1 aliphatic heterocycles. The third-order valence-electron chi connectivity index (χ3n) is 4.58. The van der Waals surface area contributed by atoms with Crippen molar-refractivity contribution in [3.05, 3.63) is 0 Å². The van der Waals surface area contributed by atoms with Gasteiger partial charge in [0, 0.05) is 12.6 Å². The van der Waals surface area contributed by atoms with Gasteiger partial charge in [-0.25, -0.2) is 0 Å². The molecular weight excluding hydrogens is 160 g/mol. The van der Waals surface area contributed by atoms with Gasteiger partial charge in [0.15, 0.2) is 0 Å². The highest BCUT2D eigenvalue weighted by Crippen LogP contribution is 2.47. The molecule has 4 unspecified atom stereocenters. The maximum atomic E-state index is 6.26. The summed E-state index contributed by atoms with van der Waals surface area (Å²) in [6.45, 7) is 3.98. The summed E-state index contributed by atoms with van der Waals surface area (Å²) in [6, 6.07) is 0.541. The lowest BCUT2D eigenvalue weighted by atomic mass is 9.84. The van der Waals surface area contributed by atoms with Crippen LogP contribution in [0, 0.1) is 17.8 Å². The van der Waals surface area contributed by atoms with Gasteiger partial charge in [0.1, 0.15) is 0 Å². The molecule has 0 radical (unpaired) electrons. The Morgan fingerprint density at radius 3 is 2.46 bits per heavy atom. The molecule has 2 nitrogen and oxygen atoms in total. The highest BCUT2D eigenvalue weighted by molar-refractivity contribution is 5.00. The Bertz CT molecular complexity index is 198. The summed E-state index contributed by atoms with van der Waals surface area (Å²) in [7, 11) is 0. The third-order valence-corrected chi connectivity index (χ3v) is 4.58. The maximum absolute atomic E-state index is 6.26. The smallest absolute Gasteiger partial charge is 0.0111 e. The van der Waals surface area contributed by atoms with Gasteiger partial charge in [-0.1, -0.05) is 0 Å². The summed E-state index contributed by atoms with van der Waals surface area (Å²) in [6.07, 6.45) is 5.74.